The van der Waals surface area contributed by atoms with E-state index in [0.29, 0.717) is 11.6 Å². The average Bonchev–Trinajstić information content (AvgIpc) is 2.26. The Labute approximate surface area is 88.4 Å². The second-order valence-electron chi connectivity index (χ2n) is 2.98. The van der Waals surface area contributed by atoms with E-state index in [1.165, 1.54) is 0 Å². The van der Waals surface area contributed by atoms with E-state index in [9.17, 15) is 0 Å². The summed E-state index contributed by atoms with van der Waals surface area (Å²) in [5.41, 5.74) is 6.27. The highest BCUT2D eigenvalue weighted by Gasteiger charge is 2.01. The van der Waals surface area contributed by atoms with Crippen LogP contribution in [0.15, 0.2) is 24.3 Å². The summed E-state index contributed by atoms with van der Waals surface area (Å²) in [6.07, 6.45) is -0.609. The van der Waals surface area contributed by atoms with E-state index < -0.39 is 6.10 Å². The number of nitrogens with two attached hydrogens (primary N) is 1. The molecular weight excluding hydrogens is 202 g/mol. The molecule has 0 aliphatic carbocycles. The second-order valence-corrected chi connectivity index (χ2v) is 3.25. The summed E-state index contributed by atoms with van der Waals surface area (Å²) in [5, 5.41) is 9.15. The van der Waals surface area contributed by atoms with Gasteiger partial charge in [0, 0.05) is 12.4 Å². The third kappa shape index (κ3) is 3.54. The molecule has 4 heteroatoms. The quantitative estimate of drug-likeness (QED) is 0.724. The van der Waals surface area contributed by atoms with Crippen LogP contribution in [0.2, 0.25) is 0 Å². The van der Waals surface area contributed by atoms with Crippen molar-refractivity contribution in [3.63, 3.8) is 0 Å². The van der Waals surface area contributed by atoms with Crippen LogP contribution in [0, 0.1) is 0 Å². The first-order chi connectivity index (χ1) is 6.76. The lowest BCUT2D eigenvalue weighted by molar-refractivity contribution is 0.114. The largest absolute Gasteiger partial charge is 0.491 e. The van der Waals surface area contributed by atoms with E-state index in [-0.39, 0.29) is 13.2 Å². The number of rotatable bonds is 5. The van der Waals surface area contributed by atoms with Gasteiger partial charge in [-0.3, -0.25) is 0 Å². The molecule has 3 N–H and O–H groups in total. The molecule has 0 fully saturated rings. The molecule has 0 aromatic heterocycles. The van der Waals surface area contributed by atoms with Crippen LogP contribution in [0.25, 0.3) is 0 Å². The Morgan fingerprint density at radius 2 is 2.00 bits per heavy atom. The highest BCUT2D eigenvalue weighted by Crippen LogP contribution is 2.13. The molecule has 0 aliphatic heterocycles. The van der Waals surface area contributed by atoms with Crippen LogP contribution in [-0.2, 0) is 5.88 Å². The molecule has 0 amide bonds. The SMILES string of the molecule is NCC(O)COc1ccc(CCl)cc1. The highest BCUT2D eigenvalue weighted by atomic mass is 35.5. The molecule has 0 radical (unpaired) electrons. The van der Waals surface area contributed by atoms with Gasteiger partial charge in [0.05, 0.1) is 0 Å². The molecular formula is C10H14ClNO2. The van der Waals surface area contributed by atoms with Crippen LogP contribution in [0.1, 0.15) is 5.56 Å². The standard InChI is InChI=1S/C10H14ClNO2/c11-5-8-1-3-10(4-2-8)14-7-9(13)6-12/h1-4,9,13H,5-7,12H2. The molecule has 0 saturated heterocycles. The van der Waals surface area contributed by atoms with Crippen LogP contribution in [0.5, 0.6) is 5.75 Å². The number of benzene rings is 1. The highest BCUT2D eigenvalue weighted by molar-refractivity contribution is 6.17. The Kier molecular flexibility index (Phi) is 4.73. The summed E-state index contributed by atoms with van der Waals surface area (Å²) in [6.45, 7) is 0.427. The van der Waals surface area contributed by atoms with Gasteiger partial charge in [-0.25, -0.2) is 0 Å². The lowest BCUT2D eigenvalue weighted by atomic mass is 10.2. The zero-order chi connectivity index (χ0) is 10.4. The fraction of sp³-hybridized carbons (Fsp3) is 0.400. The maximum atomic E-state index is 9.15. The average molecular weight is 216 g/mol. The van der Waals surface area contributed by atoms with Crippen molar-refractivity contribution in [3.05, 3.63) is 29.8 Å². The molecule has 78 valence electrons. The Bertz CT molecular complexity index is 263. The fourth-order valence-corrected chi connectivity index (χ4v) is 1.11. The Morgan fingerprint density at radius 1 is 1.36 bits per heavy atom. The Balaban J connectivity index is 2.43. The third-order valence-electron chi connectivity index (χ3n) is 1.79. The minimum absolute atomic E-state index is 0.208. The second kappa shape index (κ2) is 5.86. The molecule has 0 aliphatic rings. The Morgan fingerprint density at radius 3 is 2.50 bits per heavy atom. The number of hydrogen-bond donors (Lipinski definition) is 2. The van der Waals surface area contributed by atoms with Crippen LogP contribution in [-0.4, -0.2) is 24.4 Å². The maximum absolute atomic E-state index is 9.15. The summed E-state index contributed by atoms with van der Waals surface area (Å²) in [6, 6.07) is 7.41. The van der Waals surface area contributed by atoms with Crippen LogP contribution in [0.4, 0.5) is 0 Å². The summed E-state index contributed by atoms with van der Waals surface area (Å²) in [7, 11) is 0. The normalized spacial score (nSPS) is 12.5. The zero-order valence-electron chi connectivity index (χ0n) is 7.82. The van der Waals surface area contributed by atoms with Gasteiger partial charge in [0.15, 0.2) is 0 Å². The first-order valence-corrected chi connectivity index (χ1v) is 4.95. The van der Waals surface area contributed by atoms with Crippen molar-refractivity contribution in [2.24, 2.45) is 5.73 Å². The monoisotopic (exact) mass is 215 g/mol. The molecule has 0 saturated carbocycles. The van der Waals surface area contributed by atoms with E-state index in [1.807, 2.05) is 24.3 Å². The van der Waals surface area contributed by atoms with E-state index in [4.69, 9.17) is 27.2 Å². The lowest BCUT2D eigenvalue weighted by Crippen LogP contribution is -2.26. The summed E-state index contributed by atoms with van der Waals surface area (Å²) >= 11 is 5.63. The molecule has 14 heavy (non-hydrogen) atoms. The molecule has 1 atom stereocenters. The van der Waals surface area contributed by atoms with E-state index in [2.05, 4.69) is 0 Å². The molecule has 1 aromatic carbocycles. The molecule has 0 spiro atoms. The number of halogens is 1. The van der Waals surface area contributed by atoms with E-state index >= 15 is 0 Å². The number of hydrogen-bond acceptors (Lipinski definition) is 3. The fourth-order valence-electron chi connectivity index (χ4n) is 0.935. The van der Waals surface area contributed by atoms with Gasteiger partial charge in [0.2, 0.25) is 0 Å². The summed E-state index contributed by atoms with van der Waals surface area (Å²) in [4.78, 5) is 0. The minimum atomic E-state index is -0.609. The number of ether oxygens (including phenoxy) is 1. The molecule has 3 nitrogen and oxygen atoms in total. The van der Waals surface area contributed by atoms with Gasteiger partial charge in [-0.15, -0.1) is 11.6 Å². The van der Waals surface area contributed by atoms with Gasteiger partial charge < -0.3 is 15.6 Å². The predicted molar refractivity (Wildman–Crippen MR) is 56.6 cm³/mol. The number of aliphatic hydroxyl groups is 1. The van der Waals surface area contributed by atoms with Crippen LogP contribution < -0.4 is 10.5 Å². The number of aliphatic hydroxyl groups excluding tert-OH is 1. The van der Waals surface area contributed by atoms with Crippen molar-refractivity contribution < 1.29 is 9.84 Å². The Hall–Kier alpha value is -0.770. The third-order valence-corrected chi connectivity index (χ3v) is 2.10. The van der Waals surface area contributed by atoms with E-state index in [1.54, 1.807) is 0 Å². The first kappa shape index (κ1) is 11.3. The zero-order valence-corrected chi connectivity index (χ0v) is 8.57. The molecule has 1 aromatic rings. The summed E-state index contributed by atoms with van der Waals surface area (Å²) in [5.74, 6) is 1.21. The van der Waals surface area contributed by atoms with Gasteiger partial charge in [0.1, 0.15) is 18.5 Å². The summed E-state index contributed by atoms with van der Waals surface area (Å²) < 4.78 is 5.29. The molecule has 0 bridgehead atoms. The number of alkyl halides is 1. The van der Waals surface area contributed by atoms with Gasteiger partial charge in [-0.05, 0) is 17.7 Å². The molecule has 1 unspecified atom stereocenters. The van der Waals surface area contributed by atoms with Crippen molar-refractivity contribution in [2.75, 3.05) is 13.2 Å². The maximum Gasteiger partial charge on any atom is 0.119 e. The predicted octanol–water partition coefficient (Wildman–Crippen LogP) is 1.12. The topological polar surface area (TPSA) is 55.5 Å². The van der Waals surface area contributed by atoms with Gasteiger partial charge in [-0.2, -0.15) is 0 Å². The van der Waals surface area contributed by atoms with Crippen LogP contribution in [0.3, 0.4) is 0 Å². The van der Waals surface area contributed by atoms with Crippen molar-refractivity contribution in [3.8, 4) is 5.75 Å². The van der Waals surface area contributed by atoms with Gasteiger partial charge >= 0.3 is 0 Å². The van der Waals surface area contributed by atoms with E-state index in [0.717, 1.165) is 5.56 Å². The van der Waals surface area contributed by atoms with Crippen molar-refractivity contribution in [2.45, 2.75) is 12.0 Å². The van der Waals surface area contributed by atoms with Crippen LogP contribution >= 0.6 is 11.6 Å². The smallest absolute Gasteiger partial charge is 0.119 e. The van der Waals surface area contributed by atoms with Crippen molar-refractivity contribution in [1.82, 2.24) is 0 Å². The lowest BCUT2D eigenvalue weighted by Gasteiger charge is -2.10. The minimum Gasteiger partial charge on any atom is -0.491 e. The molecule has 0 heterocycles. The van der Waals surface area contributed by atoms with Gasteiger partial charge in [-0.1, -0.05) is 12.1 Å². The van der Waals surface area contributed by atoms with Gasteiger partial charge in [0.25, 0.3) is 0 Å². The molecule has 1 rings (SSSR count). The first-order valence-electron chi connectivity index (χ1n) is 4.42. The van der Waals surface area contributed by atoms with Crippen molar-refractivity contribution >= 4 is 11.6 Å². The van der Waals surface area contributed by atoms with Crippen molar-refractivity contribution in [1.29, 1.82) is 0 Å².